The third-order valence-electron chi connectivity index (χ3n) is 4.98. The highest BCUT2D eigenvalue weighted by molar-refractivity contribution is 7.99. The molecule has 4 aromatic rings. The molecule has 0 amide bonds. The number of fused-ring (bicyclic) bond motifs is 1. The van der Waals surface area contributed by atoms with E-state index in [0.29, 0.717) is 45.3 Å². The average molecular weight is 504 g/mol. The van der Waals surface area contributed by atoms with Crippen LogP contribution < -0.4 is 15.7 Å². The number of rotatable bonds is 9. The highest BCUT2D eigenvalue weighted by atomic mass is 35.5. The Morgan fingerprint density at radius 1 is 1.09 bits per heavy atom. The fraction of sp³-hybridized carbons (Fsp3) is 0.261. The second-order valence-corrected chi connectivity index (χ2v) is 9.24. The third-order valence-corrected chi connectivity index (χ3v) is 6.77. The van der Waals surface area contributed by atoms with Crippen molar-refractivity contribution in [2.75, 3.05) is 18.2 Å². The van der Waals surface area contributed by atoms with Gasteiger partial charge in [-0.1, -0.05) is 60.1 Å². The zero-order valence-electron chi connectivity index (χ0n) is 18.2. The molecule has 33 heavy (non-hydrogen) atoms. The van der Waals surface area contributed by atoms with E-state index in [2.05, 4.69) is 27.2 Å². The molecular formula is C23H23Cl2N5O2S. The van der Waals surface area contributed by atoms with Crippen molar-refractivity contribution in [3.05, 3.63) is 74.1 Å². The summed E-state index contributed by atoms with van der Waals surface area (Å²) >= 11 is 13.8. The van der Waals surface area contributed by atoms with E-state index in [1.165, 1.54) is 0 Å². The third kappa shape index (κ3) is 5.46. The zero-order valence-corrected chi connectivity index (χ0v) is 20.5. The van der Waals surface area contributed by atoms with Crippen LogP contribution in [0.3, 0.4) is 0 Å². The Labute approximate surface area is 205 Å². The van der Waals surface area contributed by atoms with E-state index in [1.54, 1.807) is 35.6 Å². The van der Waals surface area contributed by atoms with Crippen molar-refractivity contribution >= 4 is 51.9 Å². The number of aromatic nitrogens is 4. The molecular weight excluding hydrogens is 481 g/mol. The first-order chi connectivity index (χ1) is 16.0. The lowest BCUT2D eigenvalue weighted by Crippen LogP contribution is -2.17. The first-order valence-corrected chi connectivity index (χ1v) is 12.2. The van der Waals surface area contributed by atoms with E-state index in [9.17, 15) is 4.79 Å². The number of hydrogen-bond acceptors (Lipinski definition) is 6. The Morgan fingerprint density at radius 2 is 1.85 bits per heavy atom. The van der Waals surface area contributed by atoms with Crippen LogP contribution in [0.4, 0.5) is 5.82 Å². The first kappa shape index (κ1) is 23.5. The topological polar surface area (TPSA) is 84.8 Å². The van der Waals surface area contributed by atoms with E-state index in [4.69, 9.17) is 27.9 Å². The molecule has 7 nitrogen and oxygen atoms in total. The van der Waals surface area contributed by atoms with E-state index in [0.717, 1.165) is 29.1 Å². The molecule has 0 radical (unpaired) electrons. The van der Waals surface area contributed by atoms with Gasteiger partial charge in [-0.15, -0.1) is 0 Å². The van der Waals surface area contributed by atoms with Gasteiger partial charge in [0, 0.05) is 12.3 Å². The van der Waals surface area contributed by atoms with Crippen molar-refractivity contribution in [1.29, 1.82) is 0 Å². The van der Waals surface area contributed by atoms with Crippen LogP contribution in [0.25, 0.3) is 11.2 Å². The molecule has 4 rings (SSSR count). The van der Waals surface area contributed by atoms with Crippen LogP contribution in [0.5, 0.6) is 5.75 Å². The Balaban J connectivity index is 1.69. The van der Waals surface area contributed by atoms with Gasteiger partial charge in [-0.25, -0.2) is 14.8 Å². The molecule has 2 heterocycles. The maximum atomic E-state index is 12.8. The summed E-state index contributed by atoms with van der Waals surface area (Å²) in [4.78, 5) is 25.1. The summed E-state index contributed by atoms with van der Waals surface area (Å²) in [6.45, 7) is 2.95. The van der Waals surface area contributed by atoms with Crippen molar-refractivity contribution in [2.45, 2.75) is 31.6 Å². The van der Waals surface area contributed by atoms with Crippen LogP contribution in [0.1, 0.15) is 24.5 Å². The van der Waals surface area contributed by atoms with Gasteiger partial charge in [0.2, 0.25) is 0 Å². The number of halogens is 2. The van der Waals surface area contributed by atoms with Crippen LogP contribution in [-0.2, 0) is 13.1 Å². The van der Waals surface area contributed by atoms with Crippen LogP contribution in [0.2, 0.25) is 10.0 Å². The summed E-state index contributed by atoms with van der Waals surface area (Å²) in [6.07, 6.45) is 0.990. The zero-order chi connectivity index (χ0) is 23.4. The predicted octanol–water partition coefficient (Wildman–Crippen LogP) is 5.60. The molecule has 0 saturated heterocycles. The number of benzene rings is 2. The monoisotopic (exact) mass is 503 g/mol. The van der Waals surface area contributed by atoms with Gasteiger partial charge in [0.15, 0.2) is 16.6 Å². The van der Waals surface area contributed by atoms with Crippen LogP contribution >= 0.6 is 35.0 Å². The molecule has 0 atom stereocenters. The summed E-state index contributed by atoms with van der Waals surface area (Å²) < 4.78 is 6.81. The summed E-state index contributed by atoms with van der Waals surface area (Å²) in [6, 6.07) is 13.1. The van der Waals surface area contributed by atoms with Gasteiger partial charge in [0.1, 0.15) is 11.3 Å². The summed E-state index contributed by atoms with van der Waals surface area (Å²) in [5, 5.41) is 4.88. The molecule has 0 aliphatic heterocycles. The number of hydrogen-bond donors (Lipinski definition) is 2. The molecule has 2 N–H and O–H groups in total. The number of ether oxygens (including phenoxy) is 1. The van der Waals surface area contributed by atoms with Gasteiger partial charge in [-0.2, -0.15) is 0 Å². The number of aromatic amines is 1. The molecule has 172 valence electrons. The van der Waals surface area contributed by atoms with Gasteiger partial charge < -0.3 is 15.0 Å². The number of anilines is 1. The van der Waals surface area contributed by atoms with Crippen molar-refractivity contribution in [1.82, 2.24) is 19.5 Å². The Bertz CT molecular complexity index is 1320. The van der Waals surface area contributed by atoms with Crippen molar-refractivity contribution in [3.8, 4) is 5.75 Å². The molecule has 0 saturated carbocycles. The van der Waals surface area contributed by atoms with Crippen LogP contribution in [0.15, 0.2) is 52.4 Å². The number of nitrogens with zero attached hydrogens (tertiary/aromatic N) is 3. The van der Waals surface area contributed by atoms with Crippen molar-refractivity contribution in [3.63, 3.8) is 0 Å². The minimum Gasteiger partial charge on any atom is -0.497 e. The minimum atomic E-state index is -0.268. The fourth-order valence-electron chi connectivity index (χ4n) is 3.29. The molecule has 0 bridgehead atoms. The highest BCUT2D eigenvalue weighted by Crippen LogP contribution is 2.26. The lowest BCUT2D eigenvalue weighted by molar-refractivity contribution is 0.414. The number of imidazole rings is 1. The normalized spacial score (nSPS) is 11.2. The summed E-state index contributed by atoms with van der Waals surface area (Å²) in [5.74, 6) is 2.26. The van der Waals surface area contributed by atoms with E-state index in [-0.39, 0.29) is 5.69 Å². The molecule has 0 unspecified atom stereocenters. The molecule has 0 aliphatic rings. The van der Waals surface area contributed by atoms with Gasteiger partial charge in [-0.3, -0.25) is 4.57 Å². The van der Waals surface area contributed by atoms with Gasteiger partial charge in [0.05, 0.1) is 23.7 Å². The molecule has 2 aromatic heterocycles. The molecule has 0 fully saturated rings. The molecule has 0 spiro atoms. The summed E-state index contributed by atoms with van der Waals surface area (Å²) in [5.41, 5.74) is 2.74. The number of nitrogens with one attached hydrogen (secondary N) is 2. The number of methoxy groups -OCH3 is 1. The van der Waals surface area contributed by atoms with Crippen molar-refractivity contribution in [2.24, 2.45) is 0 Å². The Morgan fingerprint density at radius 3 is 2.55 bits per heavy atom. The second-order valence-electron chi connectivity index (χ2n) is 7.37. The van der Waals surface area contributed by atoms with Gasteiger partial charge in [-0.05, 0) is 41.8 Å². The van der Waals surface area contributed by atoms with E-state index >= 15 is 0 Å². The fourth-order valence-corrected chi connectivity index (χ4v) is 4.31. The van der Waals surface area contributed by atoms with Gasteiger partial charge >= 0.3 is 5.69 Å². The average Bonchev–Trinajstić information content (AvgIpc) is 3.14. The minimum absolute atomic E-state index is 0.268. The largest absolute Gasteiger partial charge is 0.497 e. The van der Waals surface area contributed by atoms with Crippen LogP contribution in [-0.4, -0.2) is 32.4 Å². The summed E-state index contributed by atoms with van der Waals surface area (Å²) in [7, 11) is 1.64. The first-order valence-electron chi connectivity index (χ1n) is 10.4. The van der Waals surface area contributed by atoms with Gasteiger partial charge in [0.25, 0.3) is 0 Å². The number of thioether (sulfide) groups is 1. The second kappa shape index (κ2) is 10.5. The van der Waals surface area contributed by atoms with Crippen molar-refractivity contribution < 1.29 is 4.74 Å². The maximum Gasteiger partial charge on any atom is 0.328 e. The smallest absolute Gasteiger partial charge is 0.328 e. The Kier molecular flexibility index (Phi) is 7.47. The maximum absolute atomic E-state index is 12.8. The molecule has 10 heteroatoms. The molecule has 0 aliphatic carbocycles. The predicted molar refractivity (Wildman–Crippen MR) is 135 cm³/mol. The lowest BCUT2D eigenvalue weighted by Gasteiger charge is -2.10. The highest BCUT2D eigenvalue weighted by Gasteiger charge is 2.16. The molecule has 2 aromatic carbocycles. The SMILES string of the molecule is CCCSc1nc(NCc2ccc(OC)cc2)c2[nH]c(=O)n(Cc3ccc(Cl)c(Cl)c3)c2n1. The Hall–Kier alpha value is -2.68. The van der Waals surface area contributed by atoms with E-state index in [1.807, 2.05) is 30.3 Å². The quantitative estimate of drug-likeness (QED) is 0.228. The number of H-pyrrole nitrogens is 1. The standard InChI is InChI=1S/C23H23Cl2N5O2S/c1-3-10-33-22-28-20(26-12-14-4-7-16(32-2)8-5-14)19-21(29-22)30(23(31)27-19)13-15-6-9-17(24)18(25)11-15/h4-9,11H,3,10,12-13H2,1-2H3,(H,27,31)(H,26,28,29). The lowest BCUT2D eigenvalue weighted by atomic mass is 10.2. The van der Waals surface area contributed by atoms with E-state index < -0.39 is 0 Å². The van der Waals surface area contributed by atoms with Crippen LogP contribution in [0, 0.1) is 0 Å².